The van der Waals surface area contributed by atoms with Gasteiger partial charge in [0.1, 0.15) is 0 Å². The molecule has 0 unspecified atom stereocenters. The first-order valence-corrected chi connectivity index (χ1v) is 7.11. The quantitative estimate of drug-likeness (QED) is 0.864. The van der Waals surface area contributed by atoms with E-state index in [-0.39, 0.29) is 0 Å². The molecule has 0 saturated carbocycles. The Kier molecular flexibility index (Phi) is 4.74. The second-order valence-electron chi connectivity index (χ2n) is 4.74. The molecule has 2 N–H and O–H groups in total. The van der Waals surface area contributed by atoms with Crippen LogP contribution in [0.1, 0.15) is 36.4 Å². The molecule has 0 amide bonds. The van der Waals surface area contributed by atoms with Gasteiger partial charge in [-0.1, -0.05) is 44.2 Å². The molecule has 0 spiro atoms. The smallest absolute Gasteiger partial charge is 0.0669 e. The molecule has 19 heavy (non-hydrogen) atoms. The SMILES string of the molecule is CCc1nn(CCc2ccccc2)c(CC)c1CN. The fraction of sp³-hybridized carbons (Fsp3) is 0.438. The predicted molar refractivity (Wildman–Crippen MR) is 79.0 cm³/mol. The Morgan fingerprint density at radius 3 is 2.42 bits per heavy atom. The first-order chi connectivity index (χ1) is 9.30. The highest BCUT2D eigenvalue weighted by atomic mass is 15.3. The van der Waals surface area contributed by atoms with Gasteiger partial charge in [-0.15, -0.1) is 0 Å². The minimum absolute atomic E-state index is 0.595. The lowest BCUT2D eigenvalue weighted by Gasteiger charge is -2.07. The van der Waals surface area contributed by atoms with Crippen LogP contribution in [-0.4, -0.2) is 9.78 Å². The van der Waals surface area contributed by atoms with Gasteiger partial charge in [0.25, 0.3) is 0 Å². The molecule has 2 aromatic rings. The second kappa shape index (κ2) is 6.53. The van der Waals surface area contributed by atoms with E-state index in [2.05, 4.69) is 48.9 Å². The lowest BCUT2D eigenvalue weighted by molar-refractivity contribution is 0.580. The van der Waals surface area contributed by atoms with Crippen molar-refractivity contribution in [1.29, 1.82) is 0 Å². The van der Waals surface area contributed by atoms with Gasteiger partial charge in [0, 0.05) is 24.3 Å². The maximum absolute atomic E-state index is 5.87. The summed E-state index contributed by atoms with van der Waals surface area (Å²) < 4.78 is 2.15. The zero-order chi connectivity index (χ0) is 13.7. The first-order valence-electron chi connectivity index (χ1n) is 7.11. The topological polar surface area (TPSA) is 43.8 Å². The molecular formula is C16H23N3. The Labute approximate surface area is 115 Å². The van der Waals surface area contributed by atoms with Crippen LogP contribution in [0.15, 0.2) is 30.3 Å². The summed E-state index contributed by atoms with van der Waals surface area (Å²) in [6.45, 7) is 5.84. The van der Waals surface area contributed by atoms with Crippen LogP contribution in [0.4, 0.5) is 0 Å². The monoisotopic (exact) mass is 257 g/mol. The van der Waals surface area contributed by atoms with E-state index in [1.165, 1.54) is 16.8 Å². The van der Waals surface area contributed by atoms with Crippen LogP contribution in [0.5, 0.6) is 0 Å². The van der Waals surface area contributed by atoms with Crippen molar-refractivity contribution in [3.05, 3.63) is 52.8 Å². The third-order valence-electron chi connectivity index (χ3n) is 3.58. The van der Waals surface area contributed by atoms with Gasteiger partial charge in [0.15, 0.2) is 0 Å². The van der Waals surface area contributed by atoms with Crippen LogP contribution in [0.3, 0.4) is 0 Å². The number of nitrogens with two attached hydrogens (primary N) is 1. The molecule has 102 valence electrons. The zero-order valence-electron chi connectivity index (χ0n) is 11.9. The van der Waals surface area contributed by atoms with Crippen molar-refractivity contribution in [2.75, 3.05) is 0 Å². The molecule has 0 aliphatic rings. The van der Waals surface area contributed by atoms with Crippen LogP contribution in [0, 0.1) is 0 Å². The van der Waals surface area contributed by atoms with Gasteiger partial charge < -0.3 is 5.73 Å². The average molecular weight is 257 g/mol. The van der Waals surface area contributed by atoms with Gasteiger partial charge in [-0.05, 0) is 24.8 Å². The highest BCUT2D eigenvalue weighted by Gasteiger charge is 2.13. The number of rotatable bonds is 6. The van der Waals surface area contributed by atoms with Crippen LogP contribution in [0.25, 0.3) is 0 Å². The highest BCUT2D eigenvalue weighted by molar-refractivity contribution is 5.26. The zero-order valence-corrected chi connectivity index (χ0v) is 11.9. The summed E-state index contributed by atoms with van der Waals surface area (Å²) in [4.78, 5) is 0. The lowest BCUT2D eigenvalue weighted by Crippen LogP contribution is -2.08. The summed E-state index contributed by atoms with van der Waals surface area (Å²) in [7, 11) is 0. The minimum Gasteiger partial charge on any atom is -0.326 e. The van der Waals surface area contributed by atoms with Gasteiger partial charge in [-0.25, -0.2) is 0 Å². The first kappa shape index (κ1) is 13.8. The van der Waals surface area contributed by atoms with Crippen molar-refractivity contribution < 1.29 is 0 Å². The van der Waals surface area contributed by atoms with Gasteiger partial charge in [0.05, 0.1) is 5.69 Å². The molecule has 1 aromatic heterocycles. The lowest BCUT2D eigenvalue weighted by atomic mass is 10.1. The van der Waals surface area contributed by atoms with E-state index in [1.54, 1.807) is 0 Å². The maximum atomic E-state index is 5.87. The van der Waals surface area contributed by atoms with Crippen LogP contribution in [-0.2, 0) is 32.4 Å². The Bertz CT molecular complexity index is 514. The summed E-state index contributed by atoms with van der Waals surface area (Å²) in [6.07, 6.45) is 2.97. The molecule has 0 fully saturated rings. The van der Waals surface area contributed by atoms with E-state index in [9.17, 15) is 0 Å². The van der Waals surface area contributed by atoms with E-state index < -0.39 is 0 Å². The summed E-state index contributed by atoms with van der Waals surface area (Å²) >= 11 is 0. The standard InChI is InChI=1S/C16H23N3/c1-3-15-14(12-17)16(4-2)19(18-15)11-10-13-8-6-5-7-9-13/h5-9H,3-4,10-12,17H2,1-2H3. The van der Waals surface area contributed by atoms with Gasteiger partial charge in [0.2, 0.25) is 0 Å². The predicted octanol–water partition coefficient (Wildman–Crippen LogP) is 2.71. The number of nitrogens with zero attached hydrogens (tertiary/aromatic N) is 2. The van der Waals surface area contributed by atoms with Crippen molar-refractivity contribution in [3.63, 3.8) is 0 Å². The van der Waals surface area contributed by atoms with Crippen molar-refractivity contribution in [1.82, 2.24) is 9.78 Å². The number of aromatic nitrogens is 2. The molecule has 0 bridgehead atoms. The van der Waals surface area contributed by atoms with E-state index in [0.717, 1.165) is 31.5 Å². The third kappa shape index (κ3) is 3.04. The summed E-state index contributed by atoms with van der Waals surface area (Å²) in [5, 5.41) is 4.72. The molecule has 0 atom stereocenters. The van der Waals surface area contributed by atoms with Crippen molar-refractivity contribution in [2.24, 2.45) is 5.73 Å². The molecule has 1 aromatic carbocycles. The molecule has 2 rings (SSSR count). The minimum atomic E-state index is 0.595. The molecule has 1 heterocycles. The number of aryl methyl sites for hydroxylation is 3. The Hall–Kier alpha value is -1.61. The number of hydrogen-bond acceptors (Lipinski definition) is 2. The van der Waals surface area contributed by atoms with Crippen LogP contribution < -0.4 is 5.73 Å². The van der Waals surface area contributed by atoms with E-state index in [4.69, 9.17) is 10.8 Å². The van der Waals surface area contributed by atoms with E-state index in [1.807, 2.05) is 0 Å². The number of hydrogen-bond donors (Lipinski definition) is 1. The molecular weight excluding hydrogens is 234 g/mol. The molecule has 0 radical (unpaired) electrons. The summed E-state index contributed by atoms with van der Waals surface area (Å²) in [5.74, 6) is 0. The Morgan fingerprint density at radius 1 is 1.11 bits per heavy atom. The fourth-order valence-electron chi connectivity index (χ4n) is 2.57. The van der Waals surface area contributed by atoms with Crippen LogP contribution >= 0.6 is 0 Å². The summed E-state index contributed by atoms with van der Waals surface area (Å²) in [6, 6.07) is 10.6. The Balaban J connectivity index is 2.18. The largest absolute Gasteiger partial charge is 0.326 e. The van der Waals surface area contributed by atoms with E-state index in [0.29, 0.717) is 6.54 Å². The van der Waals surface area contributed by atoms with Crippen molar-refractivity contribution >= 4 is 0 Å². The van der Waals surface area contributed by atoms with Crippen LogP contribution in [0.2, 0.25) is 0 Å². The molecule has 0 aliphatic heterocycles. The Morgan fingerprint density at radius 2 is 1.84 bits per heavy atom. The van der Waals surface area contributed by atoms with E-state index >= 15 is 0 Å². The molecule has 0 saturated heterocycles. The second-order valence-corrected chi connectivity index (χ2v) is 4.74. The molecule has 3 heteroatoms. The van der Waals surface area contributed by atoms with Gasteiger partial charge in [-0.3, -0.25) is 4.68 Å². The van der Waals surface area contributed by atoms with Gasteiger partial charge in [-0.2, -0.15) is 5.10 Å². The fourth-order valence-corrected chi connectivity index (χ4v) is 2.57. The van der Waals surface area contributed by atoms with Crippen molar-refractivity contribution in [2.45, 2.75) is 46.2 Å². The third-order valence-corrected chi connectivity index (χ3v) is 3.58. The normalized spacial score (nSPS) is 10.9. The van der Waals surface area contributed by atoms with Gasteiger partial charge >= 0.3 is 0 Å². The highest BCUT2D eigenvalue weighted by Crippen LogP contribution is 2.16. The summed E-state index contributed by atoms with van der Waals surface area (Å²) in [5.41, 5.74) is 10.9. The average Bonchev–Trinajstić information content (AvgIpc) is 2.82. The number of benzene rings is 1. The molecule has 3 nitrogen and oxygen atoms in total. The molecule has 0 aliphatic carbocycles. The maximum Gasteiger partial charge on any atom is 0.0669 e. The van der Waals surface area contributed by atoms with Crippen molar-refractivity contribution in [3.8, 4) is 0 Å².